The fraction of sp³-hybridized carbons (Fsp3) is 0.412. The number of nitrogens with zero attached hydrogens (tertiary/aromatic N) is 3. The molecule has 1 aliphatic heterocycles. The lowest BCUT2D eigenvalue weighted by atomic mass is 10.1. The van der Waals surface area contributed by atoms with Gasteiger partial charge in [-0.15, -0.1) is 0 Å². The van der Waals surface area contributed by atoms with Crippen LogP contribution in [0.15, 0.2) is 47.3 Å². The predicted molar refractivity (Wildman–Crippen MR) is 94.2 cm³/mol. The number of likely N-dealkylation sites (tertiary alicyclic amines) is 1. The van der Waals surface area contributed by atoms with Crippen LogP contribution in [0.1, 0.15) is 19.3 Å². The minimum Gasteiger partial charge on any atom is -0.284 e. The second-order valence-corrected chi connectivity index (χ2v) is 5.24. The van der Waals surface area contributed by atoms with Crippen molar-refractivity contribution in [1.29, 1.82) is 0 Å². The third-order valence-corrected chi connectivity index (χ3v) is 3.72. The number of rotatable bonds is 3. The van der Waals surface area contributed by atoms with E-state index in [1.54, 1.807) is 16.8 Å². The Morgan fingerprint density at radius 2 is 1.68 bits per heavy atom. The number of hydrogen-bond donors (Lipinski definition) is 0. The Kier molecular flexibility index (Phi) is 6.80. The van der Waals surface area contributed by atoms with E-state index in [2.05, 4.69) is 25.9 Å². The van der Waals surface area contributed by atoms with Crippen LogP contribution in [0.4, 0.5) is 0 Å². The summed E-state index contributed by atoms with van der Waals surface area (Å²) in [6.45, 7) is 2.72. The minimum absolute atomic E-state index is 0.0322. The van der Waals surface area contributed by atoms with Gasteiger partial charge in [0.15, 0.2) is 0 Å². The SMILES string of the molecule is CBr.O=c1ccc(-c2ccccc2)nn1CN1CCCCC1. The topological polar surface area (TPSA) is 38.1 Å². The van der Waals surface area contributed by atoms with Crippen LogP contribution in [0, 0.1) is 0 Å². The number of piperidine rings is 1. The van der Waals surface area contributed by atoms with Gasteiger partial charge in [-0.05, 0) is 37.8 Å². The van der Waals surface area contributed by atoms with Crippen LogP contribution in [0.25, 0.3) is 11.3 Å². The maximum absolute atomic E-state index is 12.0. The van der Waals surface area contributed by atoms with Gasteiger partial charge in [0.1, 0.15) is 0 Å². The lowest BCUT2D eigenvalue weighted by Crippen LogP contribution is -2.36. The molecule has 22 heavy (non-hydrogen) atoms. The molecule has 0 amide bonds. The van der Waals surface area contributed by atoms with Gasteiger partial charge >= 0.3 is 0 Å². The van der Waals surface area contributed by atoms with Crippen LogP contribution in [0.3, 0.4) is 0 Å². The molecule has 1 saturated heterocycles. The van der Waals surface area contributed by atoms with Crippen molar-refractivity contribution in [2.75, 3.05) is 18.9 Å². The van der Waals surface area contributed by atoms with Gasteiger partial charge in [0.05, 0.1) is 12.4 Å². The van der Waals surface area contributed by atoms with E-state index in [-0.39, 0.29) is 5.56 Å². The molecule has 3 rings (SSSR count). The highest BCUT2D eigenvalue weighted by Gasteiger charge is 2.12. The predicted octanol–water partition coefficient (Wildman–Crippen LogP) is 3.36. The highest BCUT2D eigenvalue weighted by atomic mass is 79.9. The maximum atomic E-state index is 12.0. The lowest BCUT2D eigenvalue weighted by molar-refractivity contribution is 0.170. The number of benzene rings is 1. The van der Waals surface area contributed by atoms with Crippen LogP contribution in [0.2, 0.25) is 0 Å². The quantitative estimate of drug-likeness (QED) is 0.784. The Hall–Kier alpha value is -1.46. The summed E-state index contributed by atoms with van der Waals surface area (Å²) >= 11 is 2.94. The largest absolute Gasteiger partial charge is 0.284 e. The molecule has 0 unspecified atom stereocenters. The highest BCUT2D eigenvalue weighted by Crippen LogP contribution is 2.14. The smallest absolute Gasteiger partial charge is 0.268 e. The molecule has 1 fully saturated rings. The van der Waals surface area contributed by atoms with E-state index in [9.17, 15) is 4.79 Å². The lowest BCUT2D eigenvalue weighted by Gasteiger charge is -2.26. The molecule has 1 aromatic carbocycles. The Balaban J connectivity index is 0.000000847. The molecule has 0 spiro atoms. The van der Waals surface area contributed by atoms with Gasteiger partial charge in [0, 0.05) is 11.6 Å². The fourth-order valence-corrected chi connectivity index (χ4v) is 2.60. The first kappa shape index (κ1) is 16.9. The summed E-state index contributed by atoms with van der Waals surface area (Å²) < 4.78 is 1.58. The molecule has 0 bridgehead atoms. The van der Waals surface area contributed by atoms with Crippen LogP contribution in [-0.2, 0) is 6.67 Å². The molecule has 1 aromatic heterocycles. The molecule has 0 aliphatic carbocycles. The average Bonchev–Trinajstić information content (AvgIpc) is 2.60. The normalized spacial score (nSPS) is 15.0. The molecule has 0 N–H and O–H groups in total. The molecule has 5 heteroatoms. The molecule has 0 atom stereocenters. The minimum atomic E-state index is -0.0322. The van der Waals surface area contributed by atoms with Crippen LogP contribution < -0.4 is 5.56 Å². The maximum Gasteiger partial charge on any atom is 0.268 e. The van der Waals surface area contributed by atoms with E-state index in [0.717, 1.165) is 24.3 Å². The number of halogens is 1. The zero-order valence-corrected chi connectivity index (χ0v) is 14.5. The average molecular weight is 364 g/mol. The molecular weight excluding hydrogens is 342 g/mol. The van der Waals surface area contributed by atoms with E-state index < -0.39 is 0 Å². The van der Waals surface area contributed by atoms with Gasteiger partial charge in [-0.2, -0.15) is 5.10 Å². The summed E-state index contributed by atoms with van der Waals surface area (Å²) in [6, 6.07) is 13.4. The monoisotopic (exact) mass is 363 g/mol. The number of aromatic nitrogens is 2. The van der Waals surface area contributed by atoms with E-state index >= 15 is 0 Å². The first-order chi connectivity index (χ1) is 10.8. The standard InChI is InChI=1S/C16H19N3O.CH3Br/c20-16-10-9-15(14-7-3-1-4-8-14)17-19(16)13-18-11-5-2-6-12-18;1-2/h1,3-4,7-10H,2,5-6,11-13H2;1H3. The molecule has 0 radical (unpaired) electrons. The molecule has 0 saturated carbocycles. The zero-order valence-electron chi connectivity index (χ0n) is 12.9. The Bertz CT molecular complexity index is 621. The van der Waals surface area contributed by atoms with E-state index in [1.807, 2.05) is 36.2 Å². The van der Waals surface area contributed by atoms with Gasteiger partial charge in [-0.25, -0.2) is 4.68 Å². The summed E-state index contributed by atoms with van der Waals surface area (Å²) in [5, 5.41) is 4.50. The summed E-state index contributed by atoms with van der Waals surface area (Å²) in [4.78, 5) is 14.2. The van der Waals surface area contributed by atoms with Crippen LogP contribution >= 0.6 is 15.9 Å². The Morgan fingerprint density at radius 3 is 2.36 bits per heavy atom. The van der Waals surface area contributed by atoms with Crippen molar-refractivity contribution in [3.05, 3.63) is 52.8 Å². The van der Waals surface area contributed by atoms with E-state index in [4.69, 9.17) is 0 Å². The van der Waals surface area contributed by atoms with Crippen molar-refractivity contribution in [2.45, 2.75) is 25.9 Å². The van der Waals surface area contributed by atoms with Crippen molar-refractivity contribution in [2.24, 2.45) is 0 Å². The van der Waals surface area contributed by atoms with E-state index in [0.29, 0.717) is 6.67 Å². The first-order valence-corrected chi connectivity index (χ1v) is 9.15. The third kappa shape index (κ3) is 4.52. The van der Waals surface area contributed by atoms with Crippen molar-refractivity contribution >= 4 is 15.9 Å². The Labute approximate surface area is 139 Å². The second kappa shape index (κ2) is 8.86. The third-order valence-electron chi connectivity index (χ3n) is 3.72. The van der Waals surface area contributed by atoms with Gasteiger partial charge in [0.2, 0.25) is 0 Å². The van der Waals surface area contributed by atoms with Gasteiger partial charge in [0.25, 0.3) is 5.56 Å². The molecule has 118 valence electrons. The van der Waals surface area contributed by atoms with Crippen LogP contribution in [-0.4, -0.2) is 33.6 Å². The Morgan fingerprint density at radius 1 is 1.00 bits per heavy atom. The van der Waals surface area contributed by atoms with Crippen molar-refractivity contribution in [1.82, 2.24) is 14.7 Å². The van der Waals surface area contributed by atoms with Crippen molar-refractivity contribution < 1.29 is 0 Å². The second-order valence-electron chi connectivity index (χ2n) is 5.24. The summed E-state index contributed by atoms with van der Waals surface area (Å²) in [7, 11) is 0. The molecule has 4 nitrogen and oxygen atoms in total. The fourth-order valence-electron chi connectivity index (χ4n) is 2.60. The summed E-state index contributed by atoms with van der Waals surface area (Å²) in [6.07, 6.45) is 3.73. The highest BCUT2D eigenvalue weighted by molar-refractivity contribution is 9.08. The van der Waals surface area contributed by atoms with Crippen LogP contribution in [0.5, 0.6) is 0 Å². The van der Waals surface area contributed by atoms with Gasteiger partial charge in [-0.3, -0.25) is 9.69 Å². The molecule has 2 aromatic rings. The number of alkyl halides is 1. The zero-order chi connectivity index (χ0) is 15.8. The summed E-state index contributed by atoms with van der Waals surface area (Å²) in [5.74, 6) is 1.81. The van der Waals surface area contributed by atoms with Crippen molar-refractivity contribution in [3.63, 3.8) is 0 Å². The van der Waals surface area contributed by atoms with Crippen molar-refractivity contribution in [3.8, 4) is 11.3 Å². The molecule has 2 heterocycles. The molecule has 1 aliphatic rings. The van der Waals surface area contributed by atoms with E-state index in [1.165, 1.54) is 19.3 Å². The first-order valence-electron chi connectivity index (χ1n) is 7.57. The molecular formula is C17H22BrN3O. The van der Waals surface area contributed by atoms with Gasteiger partial charge in [-0.1, -0.05) is 52.7 Å². The van der Waals surface area contributed by atoms with Gasteiger partial charge < -0.3 is 0 Å². The number of hydrogen-bond acceptors (Lipinski definition) is 3. The summed E-state index contributed by atoms with van der Waals surface area (Å²) in [5.41, 5.74) is 1.86.